The molecule has 0 unspecified atom stereocenters. The average Bonchev–Trinajstić information content (AvgIpc) is 2.80. The molecule has 0 fully saturated rings. The van der Waals surface area contributed by atoms with Gasteiger partial charge < -0.3 is 0 Å². The summed E-state index contributed by atoms with van der Waals surface area (Å²) >= 11 is 0. The van der Waals surface area contributed by atoms with Gasteiger partial charge in [-0.2, -0.15) is 5.26 Å². The molecule has 3 heteroatoms. The van der Waals surface area contributed by atoms with E-state index in [-0.39, 0.29) is 5.92 Å². The summed E-state index contributed by atoms with van der Waals surface area (Å²) in [6.07, 6.45) is 5.25. The van der Waals surface area contributed by atoms with E-state index in [0.29, 0.717) is 17.7 Å². The first kappa shape index (κ1) is 19.8. The first-order chi connectivity index (χ1) is 14.6. The molecule has 3 aromatic rings. The van der Waals surface area contributed by atoms with Gasteiger partial charge in [0.25, 0.3) is 0 Å². The third-order valence-corrected chi connectivity index (χ3v) is 6.23. The molecule has 1 aliphatic rings. The van der Waals surface area contributed by atoms with Crippen LogP contribution in [0.25, 0.3) is 0 Å². The first-order valence-electron chi connectivity index (χ1n) is 10.2. The fourth-order valence-electron chi connectivity index (χ4n) is 4.68. The van der Waals surface area contributed by atoms with Crippen molar-refractivity contribution < 1.29 is 4.79 Å². The average molecular weight is 393 g/mol. The van der Waals surface area contributed by atoms with Crippen LogP contribution in [-0.4, -0.2) is 11.3 Å². The van der Waals surface area contributed by atoms with Crippen LogP contribution in [-0.2, 0) is 10.2 Å². The summed E-state index contributed by atoms with van der Waals surface area (Å²) < 4.78 is 0. The summed E-state index contributed by atoms with van der Waals surface area (Å²) in [4.78, 5) is 16.8. The number of rotatable bonds is 4. The molecule has 3 nitrogen and oxygen atoms in total. The Labute approximate surface area is 177 Å². The molecule has 0 N–H and O–H groups in total. The van der Waals surface area contributed by atoms with Crippen molar-refractivity contribution in [3.8, 4) is 6.07 Å². The van der Waals surface area contributed by atoms with Crippen molar-refractivity contribution in [3.63, 3.8) is 0 Å². The number of hydrogen-bond acceptors (Lipinski definition) is 3. The Hall–Kier alpha value is -3.51. The summed E-state index contributed by atoms with van der Waals surface area (Å²) in [7, 11) is 0. The van der Waals surface area contributed by atoms with Crippen molar-refractivity contribution in [1.29, 1.82) is 5.26 Å². The summed E-state index contributed by atoms with van der Waals surface area (Å²) in [6.45, 7) is 4.09. The SMILES string of the molecule is Cc1ccc([C@@H]2CC=C(C=O)[C@@H](c3ccc(C)cc3)[C@@]2(C#N)c2ccccn2)cc1. The zero-order chi connectivity index (χ0) is 21.1. The largest absolute Gasteiger partial charge is 0.298 e. The normalized spacial score (nSPS) is 23.3. The number of nitriles is 1. The Morgan fingerprint density at radius 2 is 1.60 bits per heavy atom. The monoisotopic (exact) mass is 392 g/mol. The van der Waals surface area contributed by atoms with Gasteiger partial charge in [0, 0.05) is 18.0 Å². The van der Waals surface area contributed by atoms with Crippen LogP contribution in [0.1, 0.15) is 46.2 Å². The predicted octanol–water partition coefficient (Wildman–Crippen LogP) is 5.56. The molecule has 1 aliphatic carbocycles. The second-order valence-corrected chi connectivity index (χ2v) is 8.06. The van der Waals surface area contributed by atoms with E-state index in [2.05, 4.69) is 42.2 Å². The van der Waals surface area contributed by atoms with E-state index in [1.807, 2.05) is 55.5 Å². The van der Waals surface area contributed by atoms with Crippen LogP contribution in [0, 0.1) is 25.2 Å². The lowest BCUT2D eigenvalue weighted by molar-refractivity contribution is -0.105. The topological polar surface area (TPSA) is 53.8 Å². The lowest BCUT2D eigenvalue weighted by atomic mass is 9.55. The molecular formula is C27H24N2O. The number of hydrogen-bond donors (Lipinski definition) is 0. The maximum absolute atomic E-state index is 12.1. The summed E-state index contributed by atoms with van der Waals surface area (Å²) in [6, 6.07) is 24.8. The van der Waals surface area contributed by atoms with E-state index in [1.54, 1.807) is 6.20 Å². The van der Waals surface area contributed by atoms with Crippen LogP contribution >= 0.6 is 0 Å². The molecule has 0 bridgehead atoms. The van der Waals surface area contributed by atoms with Crippen molar-refractivity contribution in [2.75, 3.05) is 0 Å². The summed E-state index contributed by atoms with van der Waals surface area (Å²) in [5, 5.41) is 10.7. The van der Waals surface area contributed by atoms with Crippen molar-refractivity contribution >= 4 is 6.29 Å². The van der Waals surface area contributed by atoms with Crippen molar-refractivity contribution in [2.24, 2.45) is 0 Å². The molecule has 0 spiro atoms. The van der Waals surface area contributed by atoms with Crippen LogP contribution in [0.3, 0.4) is 0 Å². The molecule has 0 saturated carbocycles. The zero-order valence-corrected chi connectivity index (χ0v) is 17.2. The van der Waals surface area contributed by atoms with Gasteiger partial charge >= 0.3 is 0 Å². The minimum Gasteiger partial charge on any atom is -0.298 e. The van der Waals surface area contributed by atoms with Gasteiger partial charge in [-0.1, -0.05) is 71.8 Å². The molecule has 1 aromatic heterocycles. The van der Waals surface area contributed by atoms with Crippen LogP contribution < -0.4 is 0 Å². The molecule has 3 atom stereocenters. The lowest BCUT2D eigenvalue weighted by Crippen LogP contribution is -2.43. The molecule has 2 aromatic carbocycles. The van der Waals surface area contributed by atoms with E-state index < -0.39 is 11.3 Å². The van der Waals surface area contributed by atoms with Crippen molar-refractivity contribution in [1.82, 2.24) is 4.98 Å². The maximum Gasteiger partial charge on any atom is 0.146 e. The fourth-order valence-corrected chi connectivity index (χ4v) is 4.68. The van der Waals surface area contributed by atoms with E-state index in [4.69, 9.17) is 0 Å². The Bertz CT molecular complexity index is 1110. The van der Waals surface area contributed by atoms with Gasteiger partial charge in [0.05, 0.1) is 11.8 Å². The number of carbonyl (C=O) groups excluding carboxylic acids is 1. The molecular weight excluding hydrogens is 368 g/mol. The highest BCUT2D eigenvalue weighted by Gasteiger charge is 2.52. The minimum absolute atomic E-state index is 0.118. The fraction of sp³-hybridized carbons (Fsp3) is 0.222. The number of allylic oxidation sites excluding steroid dienone is 2. The van der Waals surface area contributed by atoms with Crippen LogP contribution in [0.2, 0.25) is 0 Å². The quantitative estimate of drug-likeness (QED) is 0.547. The molecule has 148 valence electrons. The van der Waals surface area contributed by atoms with Crippen LogP contribution in [0.15, 0.2) is 84.6 Å². The smallest absolute Gasteiger partial charge is 0.146 e. The molecule has 0 radical (unpaired) electrons. The Morgan fingerprint density at radius 1 is 0.967 bits per heavy atom. The minimum atomic E-state index is -0.989. The highest BCUT2D eigenvalue weighted by atomic mass is 16.1. The molecule has 0 aliphatic heterocycles. The molecule has 30 heavy (non-hydrogen) atoms. The zero-order valence-electron chi connectivity index (χ0n) is 17.2. The van der Waals surface area contributed by atoms with Crippen molar-refractivity contribution in [3.05, 3.63) is 113 Å². The van der Waals surface area contributed by atoms with E-state index in [9.17, 15) is 10.1 Å². The number of aryl methyl sites for hydroxylation is 2. The van der Waals surface area contributed by atoms with E-state index in [1.165, 1.54) is 5.56 Å². The van der Waals surface area contributed by atoms with E-state index in [0.717, 1.165) is 23.0 Å². The van der Waals surface area contributed by atoms with Crippen LogP contribution in [0.4, 0.5) is 0 Å². The summed E-state index contributed by atoms with van der Waals surface area (Å²) in [5.41, 5.74) is 4.73. The number of nitrogens with zero attached hydrogens (tertiary/aromatic N) is 2. The standard InChI is InChI=1S/C27H24N2O/c1-19-6-10-21(11-7-19)24-15-14-23(17-30)26(22-12-8-20(2)9-13-22)27(24,18-28)25-5-3-4-16-29-25/h3-14,16-17,24,26H,15H2,1-2H3/t24-,26+,27+/m0/s1. The van der Waals surface area contributed by atoms with Gasteiger partial charge in [-0.15, -0.1) is 0 Å². The molecule has 1 heterocycles. The Kier molecular flexibility index (Phi) is 5.33. The predicted molar refractivity (Wildman–Crippen MR) is 118 cm³/mol. The van der Waals surface area contributed by atoms with Gasteiger partial charge in [0.15, 0.2) is 0 Å². The number of pyridine rings is 1. The highest BCUT2D eigenvalue weighted by Crippen LogP contribution is 2.55. The maximum atomic E-state index is 12.1. The van der Waals surface area contributed by atoms with Gasteiger partial charge in [0.2, 0.25) is 0 Å². The second-order valence-electron chi connectivity index (χ2n) is 8.06. The summed E-state index contributed by atoms with van der Waals surface area (Å²) in [5.74, 6) is -0.511. The number of carbonyl (C=O) groups is 1. The first-order valence-corrected chi connectivity index (χ1v) is 10.2. The number of benzene rings is 2. The van der Waals surface area contributed by atoms with Crippen LogP contribution in [0.5, 0.6) is 0 Å². The third-order valence-electron chi connectivity index (χ3n) is 6.23. The number of aldehydes is 1. The molecule has 0 amide bonds. The second kappa shape index (κ2) is 8.08. The van der Waals surface area contributed by atoms with E-state index >= 15 is 0 Å². The van der Waals surface area contributed by atoms with Gasteiger partial charge in [0.1, 0.15) is 11.7 Å². The molecule has 0 saturated heterocycles. The highest BCUT2D eigenvalue weighted by molar-refractivity contribution is 5.78. The Morgan fingerprint density at radius 3 is 2.13 bits per heavy atom. The Balaban J connectivity index is 2.01. The lowest BCUT2D eigenvalue weighted by Gasteiger charge is -2.44. The van der Waals surface area contributed by atoms with Gasteiger partial charge in [-0.25, -0.2) is 0 Å². The number of aromatic nitrogens is 1. The third kappa shape index (κ3) is 3.25. The van der Waals surface area contributed by atoms with Gasteiger partial charge in [-0.3, -0.25) is 9.78 Å². The molecule has 4 rings (SSSR count). The van der Waals surface area contributed by atoms with Gasteiger partial charge in [-0.05, 0) is 49.1 Å². The van der Waals surface area contributed by atoms with Crippen molar-refractivity contribution in [2.45, 2.75) is 37.5 Å².